The average molecular weight is 586 g/mol. The molecule has 0 aliphatic heterocycles. The van der Waals surface area contributed by atoms with Gasteiger partial charge in [0.25, 0.3) is 5.91 Å². The molecule has 0 heterocycles. The highest BCUT2D eigenvalue weighted by Crippen LogP contribution is 2.27. The zero-order valence-corrected chi connectivity index (χ0v) is 21.8. The molecule has 0 saturated carbocycles. The van der Waals surface area contributed by atoms with Crippen LogP contribution in [0.2, 0.25) is 0 Å². The molecule has 0 aliphatic rings. The van der Waals surface area contributed by atoms with Crippen LogP contribution in [0.5, 0.6) is 0 Å². The van der Waals surface area contributed by atoms with Crippen molar-refractivity contribution in [1.29, 1.82) is 0 Å². The zero-order valence-electron chi connectivity index (χ0n) is 19.6. The molecule has 3 aromatic rings. The Balaban J connectivity index is 1.90. The van der Waals surface area contributed by atoms with Gasteiger partial charge in [0.1, 0.15) is 0 Å². The van der Waals surface area contributed by atoms with Crippen LogP contribution in [0.1, 0.15) is 45.2 Å². The Hall–Kier alpha value is -3.40. The summed E-state index contributed by atoms with van der Waals surface area (Å²) >= 11 is 2.15. The van der Waals surface area contributed by atoms with E-state index in [1.807, 2.05) is 42.5 Å². The summed E-state index contributed by atoms with van der Waals surface area (Å²) in [5.41, 5.74) is 3.35. The van der Waals surface area contributed by atoms with Crippen molar-refractivity contribution in [1.82, 2.24) is 0 Å². The SMILES string of the molecule is CCOC(=O)CCc1cccc(C(=O)OC)c1NC(=O)c1cc(I)ccc1NCc1ccccc1. The number of halogens is 1. The number of amides is 1. The molecule has 0 bridgehead atoms. The second-order valence-electron chi connectivity index (χ2n) is 7.62. The predicted octanol–water partition coefficient (Wildman–Crippen LogP) is 5.44. The molecule has 3 rings (SSSR count). The van der Waals surface area contributed by atoms with E-state index < -0.39 is 5.97 Å². The van der Waals surface area contributed by atoms with Gasteiger partial charge in [0.2, 0.25) is 0 Å². The minimum Gasteiger partial charge on any atom is -0.466 e. The lowest BCUT2D eigenvalue weighted by atomic mass is 10.0. The summed E-state index contributed by atoms with van der Waals surface area (Å²) in [6.45, 7) is 2.58. The first-order valence-corrected chi connectivity index (χ1v) is 12.2. The van der Waals surface area contributed by atoms with Gasteiger partial charge in [-0.05, 0) is 71.3 Å². The van der Waals surface area contributed by atoms with Crippen molar-refractivity contribution >= 4 is 51.8 Å². The largest absolute Gasteiger partial charge is 0.466 e. The van der Waals surface area contributed by atoms with Gasteiger partial charge in [0, 0.05) is 22.2 Å². The minimum absolute atomic E-state index is 0.119. The lowest BCUT2D eigenvalue weighted by molar-refractivity contribution is -0.143. The lowest BCUT2D eigenvalue weighted by Crippen LogP contribution is -2.19. The Morgan fingerprint density at radius 2 is 1.71 bits per heavy atom. The Kier molecular flexibility index (Phi) is 9.66. The first-order chi connectivity index (χ1) is 16.9. The van der Waals surface area contributed by atoms with E-state index in [-0.39, 0.29) is 30.5 Å². The molecule has 0 atom stereocenters. The van der Waals surface area contributed by atoms with E-state index in [1.165, 1.54) is 7.11 Å². The molecule has 0 saturated heterocycles. The van der Waals surface area contributed by atoms with Crippen molar-refractivity contribution in [3.05, 3.63) is 92.6 Å². The Bertz CT molecular complexity index is 1200. The smallest absolute Gasteiger partial charge is 0.339 e. The highest BCUT2D eigenvalue weighted by Gasteiger charge is 2.20. The molecule has 3 aromatic carbocycles. The molecule has 2 N–H and O–H groups in total. The average Bonchev–Trinajstić information content (AvgIpc) is 2.87. The van der Waals surface area contributed by atoms with Crippen LogP contribution < -0.4 is 10.6 Å². The molecule has 182 valence electrons. The van der Waals surface area contributed by atoms with Crippen LogP contribution >= 0.6 is 22.6 Å². The third kappa shape index (κ3) is 7.29. The maximum Gasteiger partial charge on any atom is 0.339 e. The molecular weight excluding hydrogens is 559 g/mol. The van der Waals surface area contributed by atoms with Crippen molar-refractivity contribution in [3.8, 4) is 0 Å². The number of nitrogens with one attached hydrogen (secondary N) is 2. The summed E-state index contributed by atoms with van der Waals surface area (Å²) in [7, 11) is 1.28. The Morgan fingerprint density at radius 1 is 0.943 bits per heavy atom. The van der Waals surface area contributed by atoms with Crippen molar-refractivity contribution in [2.45, 2.75) is 26.3 Å². The minimum atomic E-state index is -0.580. The quantitative estimate of drug-likeness (QED) is 0.243. The van der Waals surface area contributed by atoms with E-state index >= 15 is 0 Å². The third-order valence-corrected chi connectivity index (χ3v) is 5.92. The van der Waals surface area contributed by atoms with Gasteiger partial charge >= 0.3 is 11.9 Å². The highest BCUT2D eigenvalue weighted by atomic mass is 127. The standard InChI is InChI=1S/C27H27IN2O5/c1-3-35-24(31)15-12-19-10-7-11-21(27(33)34-2)25(19)30-26(32)22-16-20(28)13-14-23(22)29-17-18-8-5-4-6-9-18/h4-11,13-14,16,29H,3,12,15,17H2,1-2H3,(H,30,32). The number of methoxy groups -OCH3 is 1. The maximum absolute atomic E-state index is 13.5. The van der Waals surface area contributed by atoms with Crippen LogP contribution in [-0.4, -0.2) is 31.6 Å². The molecule has 0 unspecified atom stereocenters. The van der Waals surface area contributed by atoms with Crippen LogP contribution in [0.4, 0.5) is 11.4 Å². The number of carbonyl (C=O) groups is 3. The monoisotopic (exact) mass is 586 g/mol. The van der Waals surface area contributed by atoms with Gasteiger partial charge in [-0.2, -0.15) is 0 Å². The van der Waals surface area contributed by atoms with Gasteiger partial charge in [-0.15, -0.1) is 0 Å². The third-order valence-electron chi connectivity index (χ3n) is 5.25. The van der Waals surface area contributed by atoms with Gasteiger partial charge in [-0.25, -0.2) is 4.79 Å². The van der Waals surface area contributed by atoms with Gasteiger partial charge in [0.15, 0.2) is 0 Å². The van der Waals surface area contributed by atoms with Crippen molar-refractivity contribution in [2.24, 2.45) is 0 Å². The summed E-state index contributed by atoms with van der Waals surface area (Å²) in [5.74, 6) is -1.31. The van der Waals surface area contributed by atoms with Crippen LogP contribution in [0.3, 0.4) is 0 Å². The second kappa shape index (κ2) is 12.9. The normalized spacial score (nSPS) is 10.4. The predicted molar refractivity (Wildman–Crippen MR) is 144 cm³/mol. The molecule has 8 heteroatoms. The van der Waals surface area contributed by atoms with E-state index in [1.54, 1.807) is 31.2 Å². The van der Waals surface area contributed by atoms with Gasteiger partial charge in [-0.3, -0.25) is 9.59 Å². The van der Waals surface area contributed by atoms with E-state index in [9.17, 15) is 14.4 Å². The van der Waals surface area contributed by atoms with Crippen LogP contribution in [-0.2, 0) is 27.2 Å². The van der Waals surface area contributed by atoms with Crippen LogP contribution in [0.25, 0.3) is 0 Å². The fourth-order valence-corrected chi connectivity index (χ4v) is 4.03. The molecule has 35 heavy (non-hydrogen) atoms. The number of aryl methyl sites for hydroxylation is 1. The molecule has 0 spiro atoms. The lowest BCUT2D eigenvalue weighted by Gasteiger charge is -2.17. The van der Waals surface area contributed by atoms with Crippen molar-refractivity contribution in [2.75, 3.05) is 24.4 Å². The molecule has 7 nitrogen and oxygen atoms in total. The molecule has 0 fully saturated rings. The van der Waals surface area contributed by atoms with Crippen LogP contribution in [0, 0.1) is 3.57 Å². The van der Waals surface area contributed by atoms with E-state index in [0.717, 1.165) is 9.13 Å². The summed E-state index contributed by atoms with van der Waals surface area (Å²) in [4.78, 5) is 37.8. The number of para-hydroxylation sites is 1. The summed E-state index contributed by atoms with van der Waals surface area (Å²) < 4.78 is 10.8. The summed E-state index contributed by atoms with van der Waals surface area (Å²) in [6.07, 6.45) is 0.416. The zero-order chi connectivity index (χ0) is 25.2. The maximum atomic E-state index is 13.5. The first-order valence-electron chi connectivity index (χ1n) is 11.2. The molecule has 0 aliphatic carbocycles. The van der Waals surface area contributed by atoms with Crippen molar-refractivity contribution in [3.63, 3.8) is 0 Å². The molecule has 0 aromatic heterocycles. The molecule has 0 radical (unpaired) electrons. The fraction of sp³-hybridized carbons (Fsp3) is 0.222. The number of benzene rings is 3. The molecule has 1 amide bonds. The first kappa shape index (κ1) is 26.2. The van der Waals surface area contributed by atoms with Crippen molar-refractivity contribution < 1.29 is 23.9 Å². The second-order valence-corrected chi connectivity index (χ2v) is 8.87. The summed E-state index contributed by atoms with van der Waals surface area (Å²) in [6, 6.07) is 20.5. The number of anilines is 2. The number of ether oxygens (including phenoxy) is 2. The number of hydrogen-bond donors (Lipinski definition) is 2. The van der Waals surface area contributed by atoms with Gasteiger partial charge < -0.3 is 20.1 Å². The highest BCUT2D eigenvalue weighted by molar-refractivity contribution is 14.1. The molecular formula is C27H27IN2O5. The number of rotatable bonds is 10. The topological polar surface area (TPSA) is 93.7 Å². The van der Waals surface area contributed by atoms with E-state index in [4.69, 9.17) is 9.47 Å². The fourth-order valence-electron chi connectivity index (χ4n) is 3.54. The van der Waals surface area contributed by atoms with E-state index in [0.29, 0.717) is 35.5 Å². The Morgan fingerprint density at radius 3 is 2.43 bits per heavy atom. The number of carbonyl (C=O) groups excluding carboxylic acids is 3. The van der Waals surface area contributed by atoms with Gasteiger partial charge in [0.05, 0.1) is 30.5 Å². The van der Waals surface area contributed by atoms with Gasteiger partial charge in [-0.1, -0.05) is 42.5 Å². The number of hydrogen-bond acceptors (Lipinski definition) is 6. The Labute approximate surface area is 218 Å². The van der Waals surface area contributed by atoms with Crippen LogP contribution in [0.15, 0.2) is 66.7 Å². The summed E-state index contributed by atoms with van der Waals surface area (Å²) in [5, 5.41) is 6.22. The number of esters is 2. The van der Waals surface area contributed by atoms with E-state index in [2.05, 4.69) is 33.2 Å².